The van der Waals surface area contributed by atoms with Gasteiger partial charge in [0.25, 0.3) is 0 Å². The van der Waals surface area contributed by atoms with Crippen LogP contribution in [0.2, 0.25) is 5.02 Å². The number of hydrogen-bond donors (Lipinski definition) is 3. The van der Waals surface area contributed by atoms with E-state index in [1.54, 1.807) is 63.1 Å². The SMILES string of the molecule is Cn1nnc(CNC(=O)OC(C)(C)C)c1CNCC1(C(=O)Nc2cncc3ccccc23)CCOc2ccc(Cl)cc21. The first-order valence-electron chi connectivity index (χ1n) is 13.7. The third kappa shape index (κ3) is 6.32. The number of alkyl carbamates (subject to hydrolysis) is 1. The van der Waals surface area contributed by atoms with E-state index < -0.39 is 17.1 Å². The standard InChI is InChI=1S/C30H34ClN7O4/c1-29(2,3)42-28(40)34-16-24-25(38(4)37-36-24)17-33-18-30(11-12-41-26-10-9-20(31)13-22(26)30)27(39)35-23-15-32-14-19-7-5-6-8-21(19)23/h5-10,13-15,33H,11-12,16-18H2,1-4H3,(H,34,40)(H,35,39). The van der Waals surface area contributed by atoms with Crippen LogP contribution in [0.15, 0.2) is 54.9 Å². The van der Waals surface area contributed by atoms with Crippen LogP contribution in [0.4, 0.5) is 10.5 Å². The summed E-state index contributed by atoms with van der Waals surface area (Å²) < 4.78 is 12.9. The van der Waals surface area contributed by atoms with Crippen molar-refractivity contribution in [1.82, 2.24) is 30.6 Å². The van der Waals surface area contributed by atoms with Gasteiger partial charge in [0.1, 0.15) is 17.0 Å². The first kappa shape index (κ1) is 29.3. The lowest BCUT2D eigenvalue weighted by molar-refractivity contribution is -0.122. The molecule has 1 aliphatic heterocycles. The number of halogens is 1. The minimum Gasteiger partial charge on any atom is -0.493 e. The Labute approximate surface area is 248 Å². The summed E-state index contributed by atoms with van der Waals surface area (Å²) in [6, 6.07) is 13.1. The van der Waals surface area contributed by atoms with E-state index >= 15 is 0 Å². The van der Waals surface area contributed by atoms with E-state index in [0.29, 0.717) is 47.3 Å². The minimum atomic E-state index is -1.00. The Hall–Kier alpha value is -4.22. The summed E-state index contributed by atoms with van der Waals surface area (Å²) in [6.45, 7) is 6.52. The van der Waals surface area contributed by atoms with Crippen LogP contribution in [0.1, 0.15) is 44.1 Å². The number of hydrogen-bond acceptors (Lipinski definition) is 8. The second kappa shape index (κ2) is 11.9. The highest BCUT2D eigenvalue weighted by molar-refractivity contribution is 6.30. The molecule has 1 atom stereocenters. The third-order valence-electron chi connectivity index (χ3n) is 7.14. The average Bonchev–Trinajstić information content (AvgIpc) is 3.30. The van der Waals surface area contributed by atoms with Gasteiger partial charge in [-0.3, -0.25) is 14.5 Å². The fourth-order valence-electron chi connectivity index (χ4n) is 5.07. The Morgan fingerprint density at radius 2 is 1.95 bits per heavy atom. The van der Waals surface area contributed by atoms with Gasteiger partial charge in [-0.2, -0.15) is 0 Å². The van der Waals surface area contributed by atoms with Crippen molar-refractivity contribution in [2.24, 2.45) is 7.05 Å². The molecule has 2 amide bonds. The number of amides is 2. The number of fused-ring (bicyclic) bond motifs is 2. The maximum Gasteiger partial charge on any atom is 0.407 e. The van der Waals surface area contributed by atoms with Crippen LogP contribution in [-0.2, 0) is 35.1 Å². The molecule has 2 aromatic heterocycles. The first-order valence-corrected chi connectivity index (χ1v) is 14.1. The zero-order chi connectivity index (χ0) is 29.9. The number of nitrogens with one attached hydrogen (secondary N) is 3. The second-order valence-corrected chi connectivity index (χ2v) is 11.7. The molecular formula is C30H34ClN7O4. The Morgan fingerprint density at radius 3 is 2.76 bits per heavy atom. The molecule has 0 saturated carbocycles. The van der Waals surface area contributed by atoms with Gasteiger partial charge in [0.2, 0.25) is 5.91 Å². The summed E-state index contributed by atoms with van der Waals surface area (Å²) in [5, 5.41) is 20.0. The number of ether oxygens (including phenoxy) is 2. The summed E-state index contributed by atoms with van der Waals surface area (Å²) in [4.78, 5) is 30.8. The molecule has 0 spiro atoms. The molecule has 2 aromatic carbocycles. The molecule has 5 rings (SSSR count). The van der Waals surface area contributed by atoms with Crippen LogP contribution in [0.3, 0.4) is 0 Å². The smallest absolute Gasteiger partial charge is 0.407 e. The van der Waals surface area contributed by atoms with Crippen molar-refractivity contribution in [1.29, 1.82) is 0 Å². The van der Waals surface area contributed by atoms with Crippen molar-refractivity contribution in [2.45, 2.75) is 51.3 Å². The number of aromatic nitrogens is 4. The summed E-state index contributed by atoms with van der Waals surface area (Å²) in [6.07, 6.45) is 3.31. The Morgan fingerprint density at radius 1 is 1.14 bits per heavy atom. The van der Waals surface area contributed by atoms with Gasteiger partial charge in [-0.25, -0.2) is 4.79 Å². The molecule has 12 heteroatoms. The molecule has 0 aliphatic carbocycles. The third-order valence-corrected chi connectivity index (χ3v) is 7.37. The maximum atomic E-state index is 14.3. The summed E-state index contributed by atoms with van der Waals surface area (Å²) in [7, 11) is 1.78. The van der Waals surface area contributed by atoms with E-state index in [2.05, 4.69) is 31.2 Å². The van der Waals surface area contributed by atoms with Crippen molar-refractivity contribution >= 4 is 40.1 Å². The molecule has 4 aromatic rings. The number of aryl methyl sites for hydroxylation is 1. The first-order chi connectivity index (χ1) is 20.1. The molecule has 11 nitrogen and oxygen atoms in total. The molecule has 3 heterocycles. The van der Waals surface area contributed by atoms with Gasteiger partial charge in [-0.1, -0.05) is 41.1 Å². The van der Waals surface area contributed by atoms with Crippen molar-refractivity contribution in [3.63, 3.8) is 0 Å². The Balaban J connectivity index is 1.39. The van der Waals surface area contributed by atoms with E-state index in [1.807, 2.05) is 24.3 Å². The highest BCUT2D eigenvalue weighted by Crippen LogP contribution is 2.41. The number of nitrogens with zero attached hydrogens (tertiary/aromatic N) is 4. The highest BCUT2D eigenvalue weighted by atomic mass is 35.5. The average molecular weight is 592 g/mol. The lowest BCUT2D eigenvalue weighted by Gasteiger charge is -2.38. The van der Waals surface area contributed by atoms with Gasteiger partial charge in [0, 0.05) is 54.1 Å². The molecule has 220 valence electrons. The molecule has 0 fully saturated rings. The van der Waals surface area contributed by atoms with Gasteiger partial charge in [0.15, 0.2) is 0 Å². The maximum absolute atomic E-state index is 14.3. The van der Waals surface area contributed by atoms with Crippen molar-refractivity contribution in [3.8, 4) is 5.75 Å². The summed E-state index contributed by atoms with van der Waals surface area (Å²) in [5.41, 5.74) is 1.06. The molecule has 0 bridgehead atoms. The summed E-state index contributed by atoms with van der Waals surface area (Å²) in [5.74, 6) is 0.415. The molecule has 42 heavy (non-hydrogen) atoms. The van der Waals surface area contributed by atoms with Crippen LogP contribution in [0, 0.1) is 0 Å². The van der Waals surface area contributed by atoms with Crippen LogP contribution in [-0.4, -0.2) is 50.7 Å². The zero-order valence-electron chi connectivity index (χ0n) is 24.0. The number of carbonyl (C=O) groups excluding carboxylic acids is 2. The van der Waals surface area contributed by atoms with E-state index in [0.717, 1.165) is 16.5 Å². The van der Waals surface area contributed by atoms with Crippen molar-refractivity contribution in [2.75, 3.05) is 18.5 Å². The number of benzene rings is 2. The number of pyridine rings is 1. The van der Waals surface area contributed by atoms with Crippen LogP contribution in [0.5, 0.6) is 5.75 Å². The normalized spacial score (nSPS) is 16.4. The van der Waals surface area contributed by atoms with E-state index in [9.17, 15) is 9.59 Å². The molecular weight excluding hydrogens is 558 g/mol. The van der Waals surface area contributed by atoms with Gasteiger partial charge in [0.05, 0.1) is 36.1 Å². The fourth-order valence-corrected chi connectivity index (χ4v) is 5.24. The molecule has 0 saturated heterocycles. The number of anilines is 1. The molecule has 1 unspecified atom stereocenters. The van der Waals surface area contributed by atoms with E-state index in [1.165, 1.54) is 0 Å². The molecule has 3 N–H and O–H groups in total. The van der Waals surface area contributed by atoms with Gasteiger partial charge in [-0.15, -0.1) is 5.10 Å². The molecule has 0 radical (unpaired) electrons. The van der Waals surface area contributed by atoms with E-state index in [4.69, 9.17) is 21.1 Å². The fraction of sp³-hybridized carbons (Fsp3) is 0.367. The van der Waals surface area contributed by atoms with Crippen molar-refractivity contribution < 1.29 is 19.1 Å². The van der Waals surface area contributed by atoms with Gasteiger partial charge < -0.3 is 25.4 Å². The predicted molar refractivity (Wildman–Crippen MR) is 159 cm³/mol. The quantitative estimate of drug-likeness (QED) is 0.273. The lowest BCUT2D eigenvalue weighted by atomic mass is 9.74. The lowest BCUT2D eigenvalue weighted by Crippen LogP contribution is -2.50. The summed E-state index contributed by atoms with van der Waals surface area (Å²) >= 11 is 6.42. The zero-order valence-corrected chi connectivity index (χ0v) is 24.8. The van der Waals surface area contributed by atoms with Crippen LogP contribution in [0.25, 0.3) is 10.8 Å². The van der Waals surface area contributed by atoms with Crippen LogP contribution < -0.4 is 20.7 Å². The number of rotatable bonds is 8. The highest BCUT2D eigenvalue weighted by Gasteiger charge is 2.45. The molecule has 1 aliphatic rings. The van der Waals surface area contributed by atoms with Crippen molar-refractivity contribution in [3.05, 3.63) is 76.8 Å². The second-order valence-electron chi connectivity index (χ2n) is 11.2. The van der Waals surface area contributed by atoms with Gasteiger partial charge >= 0.3 is 6.09 Å². The van der Waals surface area contributed by atoms with Gasteiger partial charge in [-0.05, 0) is 39.0 Å². The predicted octanol–water partition coefficient (Wildman–Crippen LogP) is 4.49. The van der Waals surface area contributed by atoms with Crippen LogP contribution >= 0.6 is 11.6 Å². The monoisotopic (exact) mass is 591 g/mol. The Bertz CT molecular complexity index is 1610. The number of carbonyl (C=O) groups is 2. The topological polar surface area (TPSA) is 132 Å². The Kier molecular flexibility index (Phi) is 8.33. The minimum absolute atomic E-state index is 0.145. The van der Waals surface area contributed by atoms with E-state index in [-0.39, 0.29) is 19.0 Å². The largest absolute Gasteiger partial charge is 0.493 e.